The smallest absolute Gasteiger partial charge is 0.140 e. The third kappa shape index (κ3) is 3.21. The number of hydrogen-bond acceptors (Lipinski definition) is 2. The Hall–Kier alpha value is -0.570. The van der Waals surface area contributed by atoms with E-state index in [1.807, 2.05) is 6.20 Å². The Balaban J connectivity index is 1.88. The fourth-order valence-corrected chi connectivity index (χ4v) is 2.90. The predicted octanol–water partition coefficient (Wildman–Crippen LogP) is 4.14. The minimum Gasteiger partial charge on any atom is -0.369 e. The molecule has 88 valence electrons. The summed E-state index contributed by atoms with van der Waals surface area (Å²) >= 11 is 3.55. The van der Waals surface area contributed by atoms with Crippen molar-refractivity contribution in [3.8, 4) is 0 Å². The molecule has 0 aliphatic heterocycles. The van der Waals surface area contributed by atoms with Crippen LogP contribution in [0.1, 0.15) is 37.7 Å². The van der Waals surface area contributed by atoms with E-state index in [-0.39, 0.29) is 0 Å². The fourth-order valence-electron chi connectivity index (χ4n) is 2.30. The Labute approximate surface area is 106 Å². The van der Waals surface area contributed by atoms with E-state index >= 15 is 0 Å². The molecule has 0 amide bonds. The van der Waals surface area contributed by atoms with E-state index in [0.29, 0.717) is 0 Å². The van der Waals surface area contributed by atoms with Crippen molar-refractivity contribution in [1.82, 2.24) is 4.98 Å². The molecule has 2 rings (SSSR count). The van der Waals surface area contributed by atoms with E-state index in [4.69, 9.17) is 0 Å². The quantitative estimate of drug-likeness (QED) is 0.901. The molecule has 0 unspecified atom stereocenters. The largest absolute Gasteiger partial charge is 0.369 e. The molecule has 0 saturated heterocycles. The number of pyridine rings is 1. The maximum absolute atomic E-state index is 4.40. The number of nitrogens with zero attached hydrogens (tertiary/aromatic N) is 1. The van der Waals surface area contributed by atoms with Crippen molar-refractivity contribution in [3.63, 3.8) is 0 Å². The number of rotatable bonds is 3. The van der Waals surface area contributed by atoms with E-state index in [9.17, 15) is 0 Å². The highest BCUT2D eigenvalue weighted by Gasteiger charge is 2.13. The molecule has 1 N–H and O–H groups in total. The number of halogens is 1. The third-order valence-electron chi connectivity index (χ3n) is 3.26. The molecule has 1 aliphatic carbocycles. The first-order valence-electron chi connectivity index (χ1n) is 6.12. The molecule has 0 atom stereocenters. The van der Waals surface area contributed by atoms with Crippen molar-refractivity contribution < 1.29 is 0 Å². The zero-order valence-electron chi connectivity index (χ0n) is 9.80. The van der Waals surface area contributed by atoms with Crippen LogP contribution in [-0.2, 0) is 0 Å². The van der Waals surface area contributed by atoms with Gasteiger partial charge in [-0.3, -0.25) is 0 Å². The summed E-state index contributed by atoms with van der Waals surface area (Å²) in [6.45, 7) is 3.12. The number of anilines is 1. The maximum Gasteiger partial charge on any atom is 0.140 e. The van der Waals surface area contributed by atoms with Gasteiger partial charge < -0.3 is 5.32 Å². The molecule has 1 aromatic heterocycles. The lowest BCUT2D eigenvalue weighted by molar-refractivity contribution is 0.373. The summed E-state index contributed by atoms with van der Waals surface area (Å²) in [6, 6.07) is 2.11. The Morgan fingerprint density at radius 2 is 2.12 bits per heavy atom. The second-order valence-corrected chi connectivity index (χ2v) is 5.58. The Kier molecular flexibility index (Phi) is 4.22. The minimum absolute atomic E-state index is 0.837. The molecular weight excluding hydrogens is 264 g/mol. The van der Waals surface area contributed by atoms with Crippen LogP contribution in [0.4, 0.5) is 5.82 Å². The molecular formula is C13H19BrN2. The van der Waals surface area contributed by atoms with E-state index in [1.165, 1.54) is 37.7 Å². The van der Waals surface area contributed by atoms with Gasteiger partial charge in [0, 0.05) is 12.7 Å². The minimum atomic E-state index is 0.837. The zero-order valence-corrected chi connectivity index (χ0v) is 11.4. The summed E-state index contributed by atoms with van der Waals surface area (Å²) in [4.78, 5) is 4.40. The normalized spacial score (nSPS) is 17.4. The van der Waals surface area contributed by atoms with Gasteiger partial charge in [0.1, 0.15) is 5.82 Å². The number of aromatic nitrogens is 1. The van der Waals surface area contributed by atoms with Crippen LogP contribution in [0.25, 0.3) is 0 Å². The topological polar surface area (TPSA) is 24.9 Å². The van der Waals surface area contributed by atoms with Gasteiger partial charge in [-0.15, -0.1) is 0 Å². The van der Waals surface area contributed by atoms with Gasteiger partial charge >= 0.3 is 0 Å². The van der Waals surface area contributed by atoms with Crippen molar-refractivity contribution in [1.29, 1.82) is 0 Å². The van der Waals surface area contributed by atoms with Gasteiger partial charge in [0.05, 0.1) is 4.47 Å². The first-order valence-corrected chi connectivity index (χ1v) is 6.91. The third-order valence-corrected chi connectivity index (χ3v) is 3.87. The van der Waals surface area contributed by atoms with Crippen LogP contribution in [0.2, 0.25) is 0 Å². The van der Waals surface area contributed by atoms with Gasteiger partial charge in [0.2, 0.25) is 0 Å². The predicted molar refractivity (Wildman–Crippen MR) is 71.7 cm³/mol. The average molecular weight is 283 g/mol. The summed E-state index contributed by atoms with van der Waals surface area (Å²) in [7, 11) is 0. The molecule has 0 aromatic carbocycles. The average Bonchev–Trinajstić information content (AvgIpc) is 2.29. The molecule has 0 bridgehead atoms. The van der Waals surface area contributed by atoms with Crippen molar-refractivity contribution in [2.24, 2.45) is 5.92 Å². The summed E-state index contributed by atoms with van der Waals surface area (Å²) in [5, 5.41) is 3.45. The standard InChI is InChI=1S/C13H19BrN2/c1-10-7-12(14)13(15-8-10)16-9-11-5-3-2-4-6-11/h7-8,11H,2-6,9H2,1H3,(H,15,16). The SMILES string of the molecule is Cc1cnc(NCC2CCCCC2)c(Br)c1. The van der Waals surface area contributed by atoms with E-state index < -0.39 is 0 Å². The van der Waals surface area contributed by atoms with Crippen LogP contribution in [0.3, 0.4) is 0 Å². The summed E-state index contributed by atoms with van der Waals surface area (Å²) in [5.41, 5.74) is 1.19. The van der Waals surface area contributed by atoms with Crippen LogP contribution < -0.4 is 5.32 Å². The van der Waals surface area contributed by atoms with Crippen LogP contribution in [-0.4, -0.2) is 11.5 Å². The Bertz CT molecular complexity index is 346. The number of hydrogen-bond donors (Lipinski definition) is 1. The molecule has 1 heterocycles. The highest BCUT2D eigenvalue weighted by atomic mass is 79.9. The fraction of sp³-hybridized carbons (Fsp3) is 0.615. The summed E-state index contributed by atoms with van der Waals surface area (Å²) in [6.07, 6.45) is 8.87. The van der Waals surface area contributed by atoms with Gasteiger partial charge in [0.15, 0.2) is 0 Å². The molecule has 16 heavy (non-hydrogen) atoms. The second-order valence-electron chi connectivity index (χ2n) is 4.73. The molecule has 3 heteroatoms. The zero-order chi connectivity index (χ0) is 11.4. The van der Waals surface area contributed by atoms with Crippen LogP contribution in [0.15, 0.2) is 16.7 Å². The first kappa shape index (κ1) is 11.9. The van der Waals surface area contributed by atoms with Crippen LogP contribution >= 0.6 is 15.9 Å². The second kappa shape index (κ2) is 5.67. The molecule has 1 saturated carbocycles. The number of nitrogens with one attached hydrogen (secondary N) is 1. The molecule has 2 nitrogen and oxygen atoms in total. The van der Waals surface area contributed by atoms with E-state index in [2.05, 4.69) is 39.2 Å². The van der Waals surface area contributed by atoms with Gasteiger partial charge in [0.25, 0.3) is 0 Å². The Morgan fingerprint density at radius 3 is 2.81 bits per heavy atom. The van der Waals surface area contributed by atoms with Crippen molar-refractivity contribution in [3.05, 3.63) is 22.3 Å². The van der Waals surface area contributed by atoms with Crippen molar-refractivity contribution in [2.75, 3.05) is 11.9 Å². The highest BCUT2D eigenvalue weighted by Crippen LogP contribution is 2.25. The number of aryl methyl sites for hydroxylation is 1. The summed E-state index contributed by atoms with van der Waals surface area (Å²) < 4.78 is 1.07. The summed E-state index contributed by atoms with van der Waals surface area (Å²) in [5.74, 6) is 1.82. The first-order chi connectivity index (χ1) is 7.75. The monoisotopic (exact) mass is 282 g/mol. The highest BCUT2D eigenvalue weighted by molar-refractivity contribution is 9.10. The molecule has 1 fully saturated rings. The molecule has 0 spiro atoms. The van der Waals surface area contributed by atoms with Crippen molar-refractivity contribution in [2.45, 2.75) is 39.0 Å². The molecule has 1 aliphatic rings. The van der Waals surface area contributed by atoms with Crippen LogP contribution in [0.5, 0.6) is 0 Å². The van der Waals surface area contributed by atoms with E-state index in [0.717, 1.165) is 22.8 Å². The van der Waals surface area contributed by atoms with Gasteiger partial charge in [-0.1, -0.05) is 19.3 Å². The van der Waals surface area contributed by atoms with Gasteiger partial charge in [-0.05, 0) is 53.2 Å². The lowest BCUT2D eigenvalue weighted by atomic mass is 9.89. The van der Waals surface area contributed by atoms with Gasteiger partial charge in [-0.2, -0.15) is 0 Å². The van der Waals surface area contributed by atoms with Crippen LogP contribution in [0, 0.1) is 12.8 Å². The van der Waals surface area contributed by atoms with Gasteiger partial charge in [-0.25, -0.2) is 4.98 Å². The van der Waals surface area contributed by atoms with Crippen molar-refractivity contribution >= 4 is 21.7 Å². The molecule has 1 aromatic rings. The lowest BCUT2D eigenvalue weighted by Gasteiger charge is -2.22. The molecule has 0 radical (unpaired) electrons. The lowest BCUT2D eigenvalue weighted by Crippen LogP contribution is -2.17. The Morgan fingerprint density at radius 1 is 1.38 bits per heavy atom. The maximum atomic E-state index is 4.40. The van der Waals surface area contributed by atoms with E-state index in [1.54, 1.807) is 0 Å².